The predicted molar refractivity (Wildman–Crippen MR) is 99.8 cm³/mol. The van der Waals surface area contributed by atoms with Crippen LogP contribution in [-0.4, -0.2) is 62.1 Å². The molecule has 6 nitrogen and oxygen atoms in total. The minimum Gasteiger partial charge on any atom is -0.492 e. The van der Waals surface area contributed by atoms with Crippen molar-refractivity contribution in [2.24, 2.45) is 5.92 Å². The number of rotatable bonds is 8. The van der Waals surface area contributed by atoms with Gasteiger partial charge in [0.05, 0.1) is 6.54 Å². The molecule has 3 amide bonds. The highest BCUT2D eigenvalue weighted by Crippen LogP contribution is 2.13. The van der Waals surface area contributed by atoms with Crippen LogP contribution in [0.4, 0.5) is 4.79 Å². The number of ether oxygens (including phenoxy) is 1. The number of nitrogens with one attached hydrogen (secondary N) is 1. The summed E-state index contributed by atoms with van der Waals surface area (Å²) in [5, 5.41) is 2.80. The molecule has 1 aromatic rings. The lowest BCUT2D eigenvalue weighted by atomic mass is 10.0. The van der Waals surface area contributed by atoms with Gasteiger partial charge in [0, 0.05) is 21.1 Å². The van der Waals surface area contributed by atoms with Gasteiger partial charge in [0.25, 0.3) is 0 Å². The largest absolute Gasteiger partial charge is 0.492 e. The van der Waals surface area contributed by atoms with E-state index in [2.05, 4.69) is 18.3 Å². The van der Waals surface area contributed by atoms with E-state index in [1.165, 1.54) is 15.4 Å². The van der Waals surface area contributed by atoms with Gasteiger partial charge in [-0.15, -0.1) is 0 Å². The van der Waals surface area contributed by atoms with Crippen molar-refractivity contribution in [1.29, 1.82) is 0 Å². The number of benzene rings is 1. The minimum atomic E-state index is -0.535. The van der Waals surface area contributed by atoms with E-state index in [0.29, 0.717) is 13.2 Å². The van der Waals surface area contributed by atoms with E-state index in [9.17, 15) is 9.59 Å². The smallest absolute Gasteiger partial charge is 0.317 e. The average Bonchev–Trinajstić information content (AvgIpc) is 2.58. The Morgan fingerprint density at radius 1 is 1.20 bits per heavy atom. The third kappa shape index (κ3) is 6.64. The molecule has 0 fully saturated rings. The Hall–Kier alpha value is -2.24. The van der Waals surface area contributed by atoms with Crippen molar-refractivity contribution in [2.45, 2.75) is 33.2 Å². The van der Waals surface area contributed by atoms with Crippen LogP contribution in [0.25, 0.3) is 0 Å². The molecular formula is C19H31N3O3. The van der Waals surface area contributed by atoms with Gasteiger partial charge in [-0.25, -0.2) is 4.79 Å². The van der Waals surface area contributed by atoms with Crippen LogP contribution in [0.15, 0.2) is 24.3 Å². The summed E-state index contributed by atoms with van der Waals surface area (Å²) < 4.78 is 5.71. The first-order chi connectivity index (χ1) is 11.8. The van der Waals surface area contributed by atoms with E-state index < -0.39 is 6.04 Å². The highest BCUT2D eigenvalue weighted by atomic mass is 16.5. The second-order valence-corrected chi connectivity index (χ2v) is 6.67. The molecule has 25 heavy (non-hydrogen) atoms. The number of hydrogen-bond acceptors (Lipinski definition) is 3. The fourth-order valence-corrected chi connectivity index (χ4v) is 2.29. The fourth-order valence-electron chi connectivity index (χ4n) is 2.29. The van der Waals surface area contributed by atoms with Crippen molar-refractivity contribution in [1.82, 2.24) is 15.1 Å². The lowest BCUT2D eigenvalue weighted by molar-refractivity contribution is -0.131. The van der Waals surface area contributed by atoms with Crippen LogP contribution in [-0.2, 0) is 11.2 Å². The van der Waals surface area contributed by atoms with Crippen LogP contribution in [0.5, 0.6) is 5.75 Å². The lowest BCUT2D eigenvalue weighted by Crippen LogP contribution is -2.52. The molecular weight excluding hydrogens is 318 g/mol. The Kier molecular flexibility index (Phi) is 8.25. The average molecular weight is 349 g/mol. The standard InChI is InChI=1S/C19H31N3O3/c1-7-15-9-8-10-16(13-15)25-12-11-22(6)19(24)20-17(14(2)3)18(23)21(4)5/h8-10,13-14,17H,7,11-12H2,1-6H3,(H,20,24). The molecule has 0 bridgehead atoms. The normalized spacial score (nSPS) is 11.8. The van der Waals surface area contributed by atoms with Crippen LogP contribution < -0.4 is 10.1 Å². The Bertz CT molecular complexity index is 573. The highest BCUT2D eigenvalue weighted by Gasteiger charge is 2.26. The van der Waals surface area contributed by atoms with E-state index in [1.807, 2.05) is 32.0 Å². The van der Waals surface area contributed by atoms with Gasteiger partial charge in [0.1, 0.15) is 18.4 Å². The summed E-state index contributed by atoms with van der Waals surface area (Å²) in [6.07, 6.45) is 0.954. The molecule has 140 valence electrons. The highest BCUT2D eigenvalue weighted by molar-refractivity contribution is 5.86. The number of hydrogen-bond donors (Lipinski definition) is 1. The maximum Gasteiger partial charge on any atom is 0.317 e. The van der Waals surface area contributed by atoms with Crippen LogP contribution in [0.3, 0.4) is 0 Å². The van der Waals surface area contributed by atoms with Gasteiger partial charge in [0.15, 0.2) is 0 Å². The summed E-state index contributed by atoms with van der Waals surface area (Å²) in [5.41, 5.74) is 1.21. The molecule has 0 saturated heterocycles. The van der Waals surface area contributed by atoms with Gasteiger partial charge >= 0.3 is 6.03 Å². The second-order valence-electron chi connectivity index (χ2n) is 6.67. The summed E-state index contributed by atoms with van der Waals surface area (Å²) in [7, 11) is 5.07. The third-order valence-corrected chi connectivity index (χ3v) is 4.00. The molecule has 0 heterocycles. The number of likely N-dealkylation sites (N-methyl/N-ethyl adjacent to an activating group) is 2. The molecule has 1 aromatic carbocycles. The van der Waals surface area contributed by atoms with Gasteiger partial charge < -0.3 is 19.9 Å². The zero-order valence-electron chi connectivity index (χ0n) is 16.2. The minimum absolute atomic E-state index is 0.0142. The van der Waals surface area contributed by atoms with Crippen LogP contribution in [0.2, 0.25) is 0 Å². The quantitative estimate of drug-likeness (QED) is 0.784. The summed E-state index contributed by atoms with van der Waals surface area (Å²) in [6.45, 7) is 6.75. The van der Waals surface area contributed by atoms with Gasteiger partial charge in [-0.1, -0.05) is 32.9 Å². The molecule has 0 aliphatic carbocycles. The topological polar surface area (TPSA) is 61.9 Å². The Morgan fingerprint density at radius 3 is 2.44 bits per heavy atom. The number of aryl methyl sites for hydroxylation is 1. The monoisotopic (exact) mass is 349 g/mol. The molecule has 1 N–H and O–H groups in total. The fraction of sp³-hybridized carbons (Fsp3) is 0.579. The molecule has 0 aromatic heterocycles. The van der Waals surface area contributed by atoms with Gasteiger partial charge in [-0.3, -0.25) is 4.79 Å². The van der Waals surface area contributed by atoms with Crippen molar-refractivity contribution in [3.63, 3.8) is 0 Å². The Balaban J connectivity index is 2.51. The Labute approximate surface area is 151 Å². The van der Waals surface area contributed by atoms with Crippen molar-refractivity contribution in [2.75, 3.05) is 34.3 Å². The molecule has 1 rings (SSSR count). The van der Waals surface area contributed by atoms with Crippen LogP contribution in [0, 0.1) is 5.92 Å². The molecule has 0 aliphatic rings. The summed E-state index contributed by atoms with van der Waals surface area (Å²) in [5.74, 6) is 0.709. The molecule has 1 atom stereocenters. The molecule has 6 heteroatoms. The number of carbonyl (C=O) groups excluding carboxylic acids is 2. The third-order valence-electron chi connectivity index (χ3n) is 4.00. The van der Waals surface area contributed by atoms with Crippen molar-refractivity contribution < 1.29 is 14.3 Å². The van der Waals surface area contributed by atoms with E-state index in [4.69, 9.17) is 4.74 Å². The first-order valence-corrected chi connectivity index (χ1v) is 8.70. The number of amides is 3. The first kappa shape index (κ1) is 20.8. The number of urea groups is 1. The van der Waals surface area contributed by atoms with E-state index in [-0.39, 0.29) is 17.9 Å². The number of nitrogens with zero attached hydrogens (tertiary/aromatic N) is 2. The zero-order valence-corrected chi connectivity index (χ0v) is 16.2. The summed E-state index contributed by atoms with van der Waals surface area (Å²) in [6, 6.07) is 7.12. The van der Waals surface area contributed by atoms with Gasteiger partial charge in [-0.05, 0) is 30.0 Å². The van der Waals surface area contributed by atoms with Gasteiger partial charge in [0.2, 0.25) is 5.91 Å². The van der Waals surface area contributed by atoms with Crippen molar-refractivity contribution in [3.8, 4) is 5.75 Å². The molecule has 0 aliphatic heterocycles. The maximum atomic E-state index is 12.3. The van der Waals surface area contributed by atoms with Crippen molar-refractivity contribution in [3.05, 3.63) is 29.8 Å². The number of carbonyl (C=O) groups is 2. The SMILES string of the molecule is CCc1cccc(OCCN(C)C(=O)NC(C(=O)N(C)C)C(C)C)c1. The van der Waals surface area contributed by atoms with Crippen LogP contribution in [0.1, 0.15) is 26.3 Å². The Morgan fingerprint density at radius 2 is 1.88 bits per heavy atom. The second kappa shape index (κ2) is 9.91. The molecule has 1 unspecified atom stereocenters. The lowest BCUT2D eigenvalue weighted by Gasteiger charge is -2.27. The predicted octanol–water partition coefficient (Wildman–Crippen LogP) is 2.38. The maximum absolute atomic E-state index is 12.3. The van der Waals surface area contributed by atoms with E-state index in [0.717, 1.165) is 12.2 Å². The first-order valence-electron chi connectivity index (χ1n) is 8.70. The summed E-state index contributed by atoms with van der Waals surface area (Å²) >= 11 is 0. The van der Waals surface area contributed by atoms with E-state index in [1.54, 1.807) is 21.1 Å². The van der Waals surface area contributed by atoms with E-state index >= 15 is 0 Å². The van der Waals surface area contributed by atoms with Crippen LogP contribution >= 0.6 is 0 Å². The molecule has 0 radical (unpaired) electrons. The molecule has 0 spiro atoms. The molecule has 0 saturated carbocycles. The van der Waals surface area contributed by atoms with Crippen molar-refractivity contribution >= 4 is 11.9 Å². The van der Waals surface area contributed by atoms with Gasteiger partial charge in [-0.2, -0.15) is 0 Å². The summed E-state index contributed by atoms with van der Waals surface area (Å²) in [4.78, 5) is 27.5. The zero-order chi connectivity index (χ0) is 19.0.